The summed E-state index contributed by atoms with van der Waals surface area (Å²) < 4.78 is 7.39. The number of para-hydroxylation sites is 1. The molecular weight excluding hydrogens is 390 g/mol. The zero-order chi connectivity index (χ0) is 20.1. The van der Waals surface area contributed by atoms with Crippen LogP contribution in [0.3, 0.4) is 0 Å². The maximum absolute atomic E-state index is 12.7. The third-order valence-corrected chi connectivity index (χ3v) is 4.35. The zero-order valence-electron chi connectivity index (χ0n) is 15.2. The van der Waals surface area contributed by atoms with Crippen LogP contribution in [0.25, 0.3) is 5.82 Å². The molecule has 2 aromatic heterocycles. The Hall–Kier alpha value is -3.71. The number of halogens is 1. The van der Waals surface area contributed by atoms with Crippen LogP contribution in [0.1, 0.15) is 15.9 Å². The van der Waals surface area contributed by atoms with Crippen LogP contribution in [0.2, 0.25) is 5.02 Å². The zero-order valence-corrected chi connectivity index (χ0v) is 16.0. The van der Waals surface area contributed by atoms with E-state index in [1.165, 1.54) is 11.0 Å². The monoisotopic (exact) mass is 405 g/mol. The van der Waals surface area contributed by atoms with Crippen LogP contribution >= 0.6 is 11.6 Å². The average Bonchev–Trinajstić information content (AvgIpc) is 3.29. The quantitative estimate of drug-likeness (QED) is 0.521. The highest BCUT2D eigenvalue weighted by molar-refractivity contribution is 6.30. The van der Waals surface area contributed by atoms with Crippen LogP contribution in [0, 0.1) is 0 Å². The molecule has 1 N–H and O–H groups in total. The number of aromatic nitrogens is 4. The summed E-state index contributed by atoms with van der Waals surface area (Å²) in [4.78, 5) is 20.9. The lowest BCUT2D eigenvalue weighted by Gasteiger charge is -2.12. The number of ether oxygens (including phenoxy) is 1. The van der Waals surface area contributed by atoms with Crippen LogP contribution in [-0.4, -0.2) is 25.7 Å². The van der Waals surface area contributed by atoms with E-state index in [1.807, 2.05) is 18.2 Å². The van der Waals surface area contributed by atoms with Crippen molar-refractivity contribution in [3.05, 3.63) is 95.7 Å². The van der Waals surface area contributed by atoms with E-state index in [2.05, 4.69) is 20.4 Å². The van der Waals surface area contributed by atoms with E-state index in [9.17, 15) is 4.79 Å². The second-order valence-electron chi connectivity index (χ2n) is 6.11. The van der Waals surface area contributed by atoms with Crippen molar-refractivity contribution in [2.24, 2.45) is 0 Å². The molecule has 0 aliphatic rings. The molecule has 2 heterocycles. The van der Waals surface area contributed by atoms with Crippen molar-refractivity contribution in [1.29, 1.82) is 0 Å². The normalized spacial score (nSPS) is 10.5. The fourth-order valence-electron chi connectivity index (χ4n) is 2.64. The predicted molar refractivity (Wildman–Crippen MR) is 109 cm³/mol. The number of carbonyl (C=O) groups excluding carboxylic acids is 1. The fraction of sp³-hybridized carbons (Fsp3) is 0.0476. The fourth-order valence-corrected chi connectivity index (χ4v) is 2.77. The molecule has 0 radical (unpaired) electrons. The molecule has 0 unspecified atom stereocenters. The minimum Gasteiger partial charge on any atom is -0.488 e. The molecule has 0 spiro atoms. The smallest absolute Gasteiger partial charge is 0.259 e. The summed E-state index contributed by atoms with van der Waals surface area (Å²) in [5.74, 6) is 0.811. The standard InChI is InChI=1S/C21H16ClN5O2/c22-16-7-5-15(6-8-16)12-29-19-4-2-1-3-18(19)21(28)26-17-9-10-20(24-11-17)27-14-23-13-25-27/h1-11,13-14H,12H2,(H,26,28). The summed E-state index contributed by atoms with van der Waals surface area (Å²) in [6.45, 7) is 0.329. The summed E-state index contributed by atoms with van der Waals surface area (Å²) in [5, 5.41) is 7.51. The first-order valence-corrected chi connectivity index (χ1v) is 9.15. The van der Waals surface area contributed by atoms with Gasteiger partial charge in [-0.3, -0.25) is 4.79 Å². The van der Waals surface area contributed by atoms with Gasteiger partial charge in [-0.1, -0.05) is 35.9 Å². The van der Waals surface area contributed by atoms with Crippen molar-refractivity contribution in [1.82, 2.24) is 19.7 Å². The highest BCUT2D eigenvalue weighted by atomic mass is 35.5. The summed E-state index contributed by atoms with van der Waals surface area (Å²) >= 11 is 5.90. The molecule has 0 aliphatic heterocycles. The van der Waals surface area contributed by atoms with Crippen molar-refractivity contribution in [2.45, 2.75) is 6.61 Å². The second kappa shape index (κ2) is 8.53. The maximum Gasteiger partial charge on any atom is 0.259 e. The van der Waals surface area contributed by atoms with E-state index in [0.717, 1.165) is 5.56 Å². The molecule has 0 saturated heterocycles. The molecule has 29 heavy (non-hydrogen) atoms. The molecular formula is C21H16ClN5O2. The minimum atomic E-state index is -0.285. The molecule has 0 atom stereocenters. The molecule has 7 nitrogen and oxygen atoms in total. The summed E-state index contributed by atoms with van der Waals surface area (Å²) in [5.41, 5.74) is 1.95. The largest absolute Gasteiger partial charge is 0.488 e. The Balaban J connectivity index is 1.45. The predicted octanol–water partition coefficient (Wildman–Crippen LogP) is 4.15. The van der Waals surface area contributed by atoms with Crippen LogP contribution in [0.5, 0.6) is 5.75 Å². The number of anilines is 1. The Kier molecular flexibility index (Phi) is 5.49. The number of benzene rings is 2. The lowest BCUT2D eigenvalue weighted by atomic mass is 10.2. The number of pyridine rings is 1. The van der Waals surface area contributed by atoms with Gasteiger partial charge in [0.2, 0.25) is 0 Å². The molecule has 4 aromatic rings. The van der Waals surface area contributed by atoms with E-state index in [-0.39, 0.29) is 5.91 Å². The van der Waals surface area contributed by atoms with Crippen LogP contribution < -0.4 is 10.1 Å². The topological polar surface area (TPSA) is 81.9 Å². The molecule has 0 fully saturated rings. The Morgan fingerprint density at radius 1 is 1.07 bits per heavy atom. The number of nitrogens with one attached hydrogen (secondary N) is 1. The Morgan fingerprint density at radius 3 is 2.62 bits per heavy atom. The van der Waals surface area contributed by atoms with Crippen molar-refractivity contribution >= 4 is 23.2 Å². The van der Waals surface area contributed by atoms with Crippen LogP contribution in [-0.2, 0) is 6.61 Å². The SMILES string of the molecule is O=C(Nc1ccc(-n2cncn2)nc1)c1ccccc1OCc1ccc(Cl)cc1. The van der Waals surface area contributed by atoms with E-state index < -0.39 is 0 Å². The summed E-state index contributed by atoms with van der Waals surface area (Å²) in [7, 11) is 0. The molecule has 144 valence electrons. The first-order chi connectivity index (χ1) is 14.2. The maximum atomic E-state index is 12.7. The number of rotatable bonds is 6. The van der Waals surface area contributed by atoms with Gasteiger partial charge in [-0.2, -0.15) is 5.10 Å². The molecule has 1 amide bonds. The summed E-state index contributed by atoms with van der Waals surface area (Å²) in [6, 6.07) is 17.9. The number of nitrogens with zero attached hydrogens (tertiary/aromatic N) is 4. The first kappa shape index (κ1) is 18.6. The lowest BCUT2D eigenvalue weighted by Crippen LogP contribution is -2.14. The molecule has 0 aliphatic carbocycles. The van der Waals surface area contributed by atoms with Gasteiger partial charge in [0.25, 0.3) is 5.91 Å². The van der Waals surface area contributed by atoms with Gasteiger partial charge in [-0.05, 0) is 42.0 Å². The average molecular weight is 406 g/mol. The van der Waals surface area contributed by atoms with E-state index in [4.69, 9.17) is 16.3 Å². The van der Waals surface area contributed by atoms with Gasteiger partial charge in [0, 0.05) is 5.02 Å². The number of hydrogen-bond acceptors (Lipinski definition) is 5. The number of carbonyl (C=O) groups is 1. The van der Waals surface area contributed by atoms with Crippen LogP contribution in [0.4, 0.5) is 5.69 Å². The Morgan fingerprint density at radius 2 is 1.90 bits per heavy atom. The van der Waals surface area contributed by atoms with Crippen molar-refractivity contribution in [2.75, 3.05) is 5.32 Å². The molecule has 0 saturated carbocycles. The third kappa shape index (κ3) is 4.59. The van der Waals surface area contributed by atoms with Crippen molar-refractivity contribution in [3.8, 4) is 11.6 Å². The van der Waals surface area contributed by atoms with Crippen LogP contribution in [0.15, 0.2) is 79.5 Å². The Labute approximate surface area is 172 Å². The molecule has 8 heteroatoms. The summed E-state index contributed by atoms with van der Waals surface area (Å²) in [6.07, 6.45) is 4.54. The van der Waals surface area contributed by atoms with Gasteiger partial charge in [-0.25, -0.2) is 14.6 Å². The highest BCUT2D eigenvalue weighted by Gasteiger charge is 2.13. The van der Waals surface area contributed by atoms with Gasteiger partial charge in [0.05, 0.1) is 17.4 Å². The van der Waals surface area contributed by atoms with Gasteiger partial charge < -0.3 is 10.1 Å². The second-order valence-corrected chi connectivity index (χ2v) is 6.55. The number of amides is 1. The first-order valence-electron chi connectivity index (χ1n) is 8.78. The van der Waals surface area contributed by atoms with Gasteiger partial charge in [0.15, 0.2) is 5.82 Å². The molecule has 0 bridgehead atoms. The lowest BCUT2D eigenvalue weighted by molar-refractivity contribution is 0.102. The van der Waals surface area contributed by atoms with Crippen molar-refractivity contribution < 1.29 is 9.53 Å². The molecule has 4 rings (SSSR count). The third-order valence-electron chi connectivity index (χ3n) is 4.10. The Bertz CT molecular complexity index is 1100. The van der Waals surface area contributed by atoms with E-state index in [1.54, 1.807) is 55.0 Å². The van der Waals surface area contributed by atoms with E-state index in [0.29, 0.717) is 34.4 Å². The number of hydrogen-bond donors (Lipinski definition) is 1. The van der Waals surface area contributed by atoms with Gasteiger partial charge in [0.1, 0.15) is 25.0 Å². The van der Waals surface area contributed by atoms with E-state index >= 15 is 0 Å². The molecule has 2 aromatic carbocycles. The van der Waals surface area contributed by atoms with Gasteiger partial charge in [-0.15, -0.1) is 0 Å². The highest BCUT2D eigenvalue weighted by Crippen LogP contribution is 2.21. The van der Waals surface area contributed by atoms with Gasteiger partial charge >= 0.3 is 0 Å². The minimum absolute atomic E-state index is 0.285. The van der Waals surface area contributed by atoms with Crippen molar-refractivity contribution in [3.63, 3.8) is 0 Å².